The molecule has 0 saturated carbocycles. The lowest BCUT2D eigenvalue weighted by molar-refractivity contribution is 0.769. The molecule has 0 aliphatic heterocycles. The summed E-state index contributed by atoms with van der Waals surface area (Å²) in [7, 11) is 0. The highest BCUT2D eigenvalue weighted by Gasteiger charge is 2.45. The summed E-state index contributed by atoms with van der Waals surface area (Å²) in [6, 6.07) is 45.7. The number of benzene rings is 5. The second kappa shape index (κ2) is 7.25. The molecule has 0 bridgehead atoms. The summed E-state index contributed by atoms with van der Waals surface area (Å²) >= 11 is 0. The van der Waals surface area contributed by atoms with Crippen LogP contribution in [0.25, 0.3) is 22.3 Å². The molecule has 0 spiro atoms. The van der Waals surface area contributed by atoms with Gasteiger partial charge in [-0.2, -0.15) is 0 Å². The Bertz CT molecular complexity index is 1360. The molecule has 0 radical (unpaired) electrons. The number of nitrogens with two attached hydrogens (primary N) is 1. The molecule has 0 unspecified atom stereocenters. The third-order valence-corrected chi connectivity index (χ3v) is 6.70. The lowest BCUT2D eigenvalue weighted by Crippen LogP contribution is -2.28. The minimum Gasteiger partial charge on any atom is -0.399 e. The summed E-state index contributed by atoms with van der Waals surface area (Å²) in [5.41, 5.74) is 16.6. The smallest absolute Gasteiger partial charge is 0.0713 e. The fourth-order valence-corrected chi connectivity index (χ4v) is 5.30. The van der Waals surface area contributed by atoms with Crippen LogP contribution in [-0.4, -0.2) is 0 Å². The van der Waals surface area contributed by atoms with Crippen molar-refractivity contribution in [3.63, 3.8) is 0 Å². The van der Waals surface area contributed by atoms with Crippen molar-refractivity contribution in [2.75, 3.05) is 5.73 Å². The van der Waals surface area contributed by atoms with Crippen molar-refractivity contribution in [2.45, 2.75) is 5.41 Å². The molecule has 5 aromatic rings. The molecule has 5 aromatic carbocycles. The maximum atomic E-state index is 5.95. The zero-order chi connectivity index (χ0) is 21.5. The van der Waals surface area contributed by atoms with Crippen LogP contribution in [0.3, 0.4) is 0 Å². The molecule has 32 heavy (non-hydrogen) atoms. The maximum absolute atomic E-state index is 5.95. The van der Waals surface area contributed by atoms with Crippen LogP contribution < -0.4 is 5.73 Å². The topological polar surface area (TPSA) is 26.0 Å². The molecule has 0 aromatic heterocycles. The molecular formula is C31H23N. The zero-order valence-corrected chi connectivity index (χ0v) is 17.7. The van der Waals surface area contributed by atoms with Gasteiger partial charge in [0, 0.05) is 5.69 Å². The van der Waals surface area contributed by atoms with Crippen molar-refractivity contribution in [1.82, 2.24) is 0 Å². The van der Waals surface area contributed by atoms with Crippen molar-refractivity contribution < 1.29 is 0 Å². The number of nitrogen functional groups attached to an aromatic ring is 1. The van der Waals surface area contributed by atoms with Gasteiger partial charge in [-0.15, -0.1) is 0 Å². The van der Waals surface area contributed by atoms with E-state index in [1.165, 1.54) is 44.5 Å². The standard InChI is InChI=1S/C31H23N/c32-26-18-15-22(16-19-26)23-17-20-28-27-13-7-8-14-29(27)31(30(28)21-23,24-9-3-1-4-10-24)25-11-5-2-6-12-25/h1-21H,32H2. The van der Waals surface area contributed by atoms with E-state index >= 15 is 0 Å². The highest BCUT2D eigenvalue weighted by molar-refractivity contribution is 5.88. The monoisotopic (exact) mass is 409 g/mol. The number of hydrogen-bond acceptors (Lipinski definition) is 1. The second-order valence-electron chi connectivity index (χ2n) is 8.41. The van der Waals surface area contributed by atoms with Gasteiger partial charge in [0.25, 0.3) is 0 Å². The largest absolute Gasteiger partial charge is 0.399 e. The number of hydrogen-bond donors (Lipinski definition) is 1. The molecule has 0 saturated heterocycles. The van der Waals surface area contributed by atoms with Crippen molar-refractivity contribution in [3.05, 3.63) is 150 Å². The van der Waals surface area contributed by atoms with E-state index in [0.717, 1.165) is 5.69 Å². The Balaban J connectivity index is 1.72. The summed E-state index contributed by atoms with van der Waals surface area (Å²) < 4.78 is 0. The molecule has 1 aliphatic carbocycles. The third-order valence-electron chi connectivity index (χ3n) is 6.70. The lowest BCUT2D eigenvalue weighted by atomic mass is 9.67. The Morgan fingerprint density at radius 3 is 1.62 bits per heavy atom. The molecule has 0 fully saturated rings. The lowest BCUT2D eigenvalue weighted by Gasteiger charge is -2.34. The van der Waals surface area contributed by atoms with Crippen LogP contribution in [0.15, 0.2) is 127 Å². The molecule has 2 N–H and O–H groups in total. The third kappa shape index (κ3) is 2.65. The molecule has 0 atom stereocenters. The van der Waals surface area contributed by atoms with Gasteiger partial charge in [0.05, 0.1) is 5.41 Å². The van der Waals surface area contributed by atoms with E-state index in [-0.39, 0.29) is 5.41 Å². The molecule has 1 nitrogen and oxygen atoms in total. The fraction of sp³-hybridized carbons (Fsp3) is 0.0323. The van der Waals surface area contributed by atoms with Crippen molar-refractivity contribution in [2.24, 2.45) is 0 Å². The Hall–Kier alpha value is -4.10. The highest BCUT2D eigenvalue weighted by Crippen LogP contribution is 2.56. The maximum Gasteiger partial charge on any atom is 0.0713 e. The van der Waals surface area contributed by atoms with Crippen molar-refractivity contribution in [1.29, 1.82) is 0 Å². The van der Waals surface area contributed by atoms with Crippen LogP contribution in [0.2, 0.25) is 0 Å². The predicted molar refractivity (Wildman–Crippen MR) is 134 cm³/mol. The van der Waals surface area contributed by atoms with Crippen LogP contribution in [0.1, 0.15) is 22.3 Å². The first-order valence-electron chi connectivity index (χ1n) is 11.0. The summed E-state index contributed by atoms with van der Waals surface area (Å²) in [5, 5.41) is 0. The van der Waals surface area contributed by atoms with Gasteiger partial charge in [-0.1, -0.05) is 109 Å². The Labute approximate surface area is 188 Å². The molecule has 152 valence electrons. The minimum absolute atomic E-state index is 0.363. The average molecular weight is 410 g/mol. The minimum atomic E-state index is -0.363. The molecule has 1 aliphatic rings. The first kappa shape index (κ1) is 18.7. The van der Waals surface area contributed by atoms with Gasteiger partial charge in [-0.05, 0) is 62.7 Å². The van der Waals surface area contributed by atoms with Crippen LogP contribution in [-0.2, 0) is 5.41 Å². The van der Waals surface area contributed by atoms with E-state index in [1.807, 2.05) is 12.1 Å². The van der Waals surface area contributed by atoms with E-state index in [0.29, 0.717) is 0 Å². The van der Waals surface area contributed by atoms with Gasteiger partial charge >= 0.3 is 0 Å². The highest BCUT2D eigenvalue weighted by atomic mass is 14.5. The normalized spacial score (nSPS) is 13.4. The van der Waals surface area contributed by atoms with E-state index in [4.69, 9.17) is 5.73 Å². The summed E-state index contributed by atoms with van der Waals surface area (Å²) in [4.78, 5) is 0. The van der Waals surface area contributed by atoms with Gasteiger partial charge < -0.3 is 5.73 Å². The Morgan fingerprint density at radius 2 is 0.969 bits per heavy atom. The summed E-state index contributed by atoms with van der Waals surface area (Å²) in [6.45, 7) is 0. The number of fused-ring (bicyclic) bond motifs is 3. The van der Waals surface area contributed by atoms with E-state index in [9.17, 15) is 0 Å². The zero-order valence-electron chi connectivity index (χ0n) is 17.7. The molecule has 1 heteroatoms. The van der Waals surface area contributed by atoms with Crippen molar-refractivity contribution >= 4 is 5.69 Å². The van der Waals surface area contributed by atoms with Gasteiger partial charge in [0.2, 0.25) is 0 Å². The van der Waals surface area contributed by atoms with E-state index in [1.54, 1.807) is 0 Å². The molecule has 0 heterocycles. The molecular weight excluding hydrogens is 386 g/mol. The average Bonchev–Trinajstić information content (AvgIpc) is 3.16. The Kier molecular flexibility index (Phi) is 4.22. The first-order chi connectivity index (χ1) is 15.8. The molecule has 6 rings (SSSR count). The Morgan fingerprint density at radius 1 is 0.438 bits per heavy atom. The van der Waals surface area contributed by atoms with E-state index < -0.39 is 0 Å². The van der Waals surface area contributed by atoms with Crippen LogP contribution in [0.5, 0.6) is 0 Å². The van der Waals surface area contributed by atoms with Crippen LogP contribution in [0.4, 0.5) is 5.69 Å². The second-order valence-corrected chi connectivity index (χ2v) is 8.41. The van der Waals surface area contributed by atoms with Gasteiger partial charge in [0.15, 0.2) is 0 Å². The quantitative estimate of drug-likeness (QED) is 0.305. The van der Waals surface area contributed by atoms with E-state index in [2.05, 4.69) is 115 Å². The summed E-state index contributed by atoms with van der Waals surface area (Å²) in [5.74, 6) is 0. The predicted octanol–water partition coefficient (Wildman–Crippen LogP) is 7.30. The first-order valence-corrected chi connectivity index (χ1v) is 11.0. The van der Waals surface area contributed by atoms with Gasteiger partial charge in [0.1, 0.15) is 0 Å². The van der Waals surface area contributed by atoms with Crippen LogP contribution in [0, 0.1) is 0 Å². The molecule has 0 amide bonds. The van der Waals surface area contributed by atoms with Gasteiger partial charge in [-0.3, -0.25) is 0 Å². The fourth-order valence-electron chi connectivity index (χ4n) is 5.30. The number of rotatable bonds is 3. The van der Waals surface area contributed by atoms with Gasteiger partial charge in [-0.25, -0.2) is 0 Å². The number of anilines is 1. The van der Waals surface area contributed by atoms with Crippen molar-refractivity contribution in [3.8, 4) is 22.3 Å². The van der Waals surface area contributed by atoms with Crippen LogP contribution >= 0.6 is 0 Å². The summed E-state index contributed by atoms with van der Waals surface area (Å²) in [6.07, 6.45) is 0. The SMILES string of the molecule is Nc1ccc(-c2ccc3c(c2)C(c2ccccc2)(c2ccccc2)c2ccccc2-3)cc1.